The zero-order valence-electron chi connectivity index (χ0n) is 6.99. The SMILES string of the molecule is Cc1cnn(CCC(C)O)c1. The first-order valence-electron chi connectivity index (χ1n) is 3.85. The minimum Gasteiger partial charge on any atom is -0.393 e. The van der Waals surface area contributed by atoms with Crippen LogP contribution < -0.4 is 0 Å². The summed E-state index contributed by atoms with van der Waals surface area (Å²) >= 11 is 0. The van der Waals surface area contributed by atoms with Crippen LogP contribution in [0, 0.1) is 6.92 Å². The molecule has 0 saturated heterocycles. The molecule has 0 aliphatic carbocycles. The molecule has 3 nitrogen and oxygen atoms in total. The average molecular weight is 154 g/mol. The molecule has 0 aromatic carbocycles. The monoisotopic (exact) mass is 154 g/mol. The molecule has 1 atom stereocenters. The Hall–Kier alpha value is -0.830. The summed E-state index contributed by atoms with van der Waals surface area (Å²) in [5, 5.41) is 13.1. The third kappa shape index (κ3) is 2.72. The van der Waals surface area contributed by atoms with Gasteiger partial charge in [-0.3, -0.25) is 4.68 Å². The second kappa shape index (κ2) is 3.53. The van der Waals surface area contributed by atoms with Gasteiger partial charge in [-0.15, -0.1) is 0 Å². The van der Waals surface area contributed by atoms with Crippen molar-refractivity contribution in [3.8, 4) is 0 Å². The molecule has 1 rings (SSSR count). The average Bonchev–Trinajstić information content (AvgIpc) is 2.31. The van der Waals surface area contributed by atoms with Crippen molar-refractivity contribution < 1.29 is 5.11 Å². The summed E-state index contributed by atoms with van der Waals surface area (Å²) in [6.07, 6.45) is 4.32. The maximum absolute atomic E-state index is 8.98. The molecule has 0 bridgehead atoms. The van der Waals surface area contributed by atoms with Crippen molar-refractivity contribution >= 4 is 0 Å². The van der Waals surface area contributed by atoms with Gasteiger partial charge in [-0.05, 0) is 25.8 Å². The van der Waals surface area contributed by atoms with Crippen LogP contribution in [0.1, 0.15) is 18.9 Å². The Morgan fingerprint density at radius 1 is 1.73 bits per heavy atom. The Labute approximate surface area is 66.7 Å². The molecule has 11 heavy (non-hydrogen) atoms. The molecule has 0 fully saturated rings. The molecule has 0 aliphatic heterocycles. The highest BCUT2D eigenvalue weighted by molar-refractivity contribution is 4.99. The molecule has 1 aromatic heterocycles. The molecule has 3 heteroatoms. The standard InChI is InChI=1S/C8H14N2O/c1-7-5-9-10(6-7)4-3-8(2)11/h5-6,8,11H,3-4H2,1-2H3. The number of rotatable bonds is 3. The number of hydrogen-bond donors (Lipinski definition) is 1. The lowest BCUT2D eigenvalue weighted by Gasteiger charge is -2.02. The molecule has 0 aliphatic rings. The number of aliphatic hydroxyl groups is 1. The van der Waals surface area contributed by atoms with Crippen molar-refractivity contribution in [2.24, 2.45) is 0 Å². The second-order valence-electron chi connectivity index (χ2n) is 2.92. The summed E-state index contributed by atoms with van der Waals surface area (Å²) in [5.74, 6) is 0. The van der Waals surface area contributed by atoms with E-state index < -0.39 is 0 Å². The van der Waals surface area contributed by atoms with E-state index in [0.717, 1.165) is 18.5 Å². The third-order valence-corrected chi connectivity index (χ3v) is 1.54. The van der Waals surface area contributed by atoms with E-state index in [2.05, 4.69) is 5.10 Å². The van der Waals surface area contributed by atoms with Crippen LogP contribution in [0.15, 0.2) is 12.4 Å². The third-order valence-electron chi connectivity index (χ3n) is 1.54. The van der Waals surface area contributed by atoms with E-state index in [1.54, 1.807) is 6.92 Å². The van der Waals surface area contributed by atoms with E-state index in [9.17, 15) is 0 Å². The van der Waals surface area contributed by atoms with Gasteiger partial charge < -0.3 is 5.11 Å². The lowest BCUT2D eigenvalue weighted by atomic mass is 10.3. The van der Waals surface area contributed by atoms with Crippen LogP contribution in [0.5, 0.6) is 0 Å². The van der Waals surface area contributed by atoms with Gasteiger partial charge in [0.25, 0.3) is 0 Å². The maximum Gasteiger partial charge on any atom is 0.0529 e. The van der Waals surface area contributed by atoms with Crippen LogP contribution >= 0.6 is 0 Å². The number of aliphatic hydroxyl groups excluding tert-OH is 1. The van der Waals surface area contributed by atoms with E-state index in [1.807, 2.05) is 24.0 Å². The highest BCUT2D eigenvalue weighted by atomic mass is 16.3. The van der Waals surface area contributed by atoms with E-state index in [1.165, 1.54) is 0 Å². The highest BCUT2D eigenvalue weighted by Gasteiger charge is 1.97. The van der Waals surface area contributed by atoms with E-state index in [0.29, 0.717) is 0 Å². The van der Waals surface area contributed by atoms with Crippen LogP contribution in [0.2, 0.25) is 0 Å². The maximum atomic E-state index is 8.98. The van der Waals surface area contributed by atoms with E-state index in [4.69, 9.17) is 5.11 Å². The molecule has 0 spiro atoms. The van der Waals surface area contributed by atoms with Gasteiger partial charge in [0.05, 0.1) is 12.3 Å². The Kier molecular flexibility index (Phi) is 2.65. The minimum atomic E-state index is -0.237. The summed E-state index contributed by atoms with van der Waals surface area (Å²) in [4.78, 5) is 0. The Morgan fingerprint density at radius 3 is 2.91 bits per heavy atom. The van der Waals surface area contributed by atoms with Gasteiger partial charge in [-0.1, -0.05) is 0 Å². The first-order valence-corrected chi connectivity index (χ1v) is 3.85. The molecule has 0 radical (unpaired) electrons. The molecular formula is C8H14N2O. The summed E-state index contributed by atoms with van der Waals surface area (Å²) < 4.78 is 1.85. The molecule has 62 valence electrons. The molecule has 1 heterocycles. The van der Waals surface area contributed by atoms with Gasteiger partial charge in [0, 0.05) is 12.7 Å². The van der Waals surface area contributed by atoms with Crippen molar-refractivity contribution in [3.63, 3.8) is 0 Å². The molecule has 0 saturated carbocycles. The van der Waals surface area contributed by atoms with E-state index >= 15 is 0 Å². The van der Waals surface area contributed by atoms with Gasteiger partial charge in [-0.25, -0.2) is 0 Å². The van der Waals surface area contributed by atoms with Crippen molar-refractivity contribution in [1.82, 2.24) is 9.78 Å². The Bertz CT molecular complexity index is 218. The van der Waals surface area contributed by atoms with Gasteiger partial charge >= 0.3 is 0 Å². The highest BCUT2D eigenvalue weighted by Crippen LogP contribution is 1.97. The van der Waals surface area contributed by atoms with Crippen LogP contribution in [0.3, 0.4) is 0 Å². The first kappa shape index (κ1) is 8.27. The second-order valence-corrected chi connectivity index (χ2v) is 2.92. The van der Waals surface area contributed by atoms with Crippen molar-refractivity contribution in [2.75, 3.05) is 0 Å². The smallest absolute Gasteiger partial charge is 0.0529 e. The summed E-state index contributed by atoms with van der Waals surface area (Å²) in [5.41, 5.74) is 1.16. The number of aryl methyl sites for hydroxylation is 2. The lowest BCUT2D eigenvalue weighted by Crippen LogP contribution is -2.06. The Balaban J connectivity index is 2.39. The fourth-order valence-electron chi connectivity index (χ4n) is 0.908. The summed E-state index contributed by atoms with van der Waals surface area (Å²) in [6.45, 7) is 4.59. The van der Waals surface area contributed by atoms with Crippen molar-refractivity contribution in [2.45, 2.75) is 32.9 Å². The zero-order valence-corrected chi connectivity index (χ0v) is 6.99. The predicted molar refractivity (Wildman–Crippen MR) is 43.3 cm³/mol. The normalized spacial score (nSPS) is 13.4. The van der Waals surface area contributed by atoms with E-state index in [-0.39, 0.29) is 6.10 Å². The molecular weight excluding hydrogens is 140 g/mol. The van der Waals surface area contributed by atoms with Gasteiger partial charge in [0.2, 0.25) is 0 Å². The van der Waals surface area contributed by atoms with Crippen LogP contribution in [0.4, 0.5) is 0 Å². The number of hydrogen-bond acceptors (Lipinski definition) is 2. The number of aromatic nitrogens is 2. The van der Waals surface area contributed by atoms with Crippen molar-refractivity contribution in [3.05, 3.63) is 18.0 Å². The molecule has 0 amide bonds. The van der Waals surface area contributed by atoms with Crippen molar-refractivity contribution in [1.29, 1.82) is 0 Å². The summed E-state index contributed by atoms with van der Waals surface area (Å²) in [7, 11) is 0. The lowest BCUT2D eigenvalue weighted by molar-refractivity contribution is 0.176. The summed E-state index contributed by atoms with van der Waals surface area (Å²) in [6, 6.07) is 0. The van der Waals surface area contributed by atoms with Gasteiger partial charge in [0.15, 0.2) is 0 Å². The van der Waals surface area contributed by atoms with Crippen LogP contribution in [-0.2, 0) is 6.54 Å². The van der Waals surface area contributed by atoms with Crippen LogP contribution in [0.25, 0.3) is 0 Å². The predicted octanol–water partition coefficient (Wildman–Crippen LogP) is 0.962. The first-order chi connectivity index (χ1) is 5.18. The molecule has 1 unspecified atom stereocenters. The van der Waals surface area contributed by atoms with Gasteiger partial charge in [-0.2, -0.15) is 5.10 Å². The number of nitrogens with zero attached hydrogens (tertiary/aromatic N) is 2. The fraction of sp³-hybridized carbons (Fsp3) is 0.625. The quantitative estimate of drug-likeness (QED) is 0.704. The Morgan fingerprint density at radius 2 is 2.45 bits per heavy atom. The molecule has 1 N–H and O–H groups in total. The largest absolute Gasteiger partial charge is 0.393 e. The van der Waals surface area contributed by atoms with Crippen LogP contribution in [-0.4, -0.2) is 21.0 Å². The topological polar surface area (TPSA) is 38.0 Å². The minimum absolute atomic E-state index is 0.237. The zero-order chi connectivity index (χ0) is 8.27. The van der Waals surface area contributed by atoms with Gasteiger partial charge in [0.1, 0.15) is 0 Å². The molecule has 1 aromatic rings. The fourth-order valence-corrected chi connectivity index (χ4v) is 0.908.